The molecule has 28 heavy (non-hydrogen) atoms. The molecule has 148 valence electrons. The van der Waals surface area contributed by atoms with E-state index in [1.54, 1.807) is 0 Å². The van der Waals surface area contributed by atoms with Gasteiger partial charge in [-0.15, -0.1) is 0 Å². The molecule has 4 saturated heterocycles. The van der Waals surface area contributed by atoms with Gasteiger partial charge >= 0.3 is 0 Å². The van der Waals surface area contributed by atoms with Crippen LogP contribution in [0.25, 0.3) is 0 Å². The lowest BCUT2D eigenvalue weighted by molar-refractivity contribution is -0.00869. The summed E-state index contributed by atoms with van der Waals surface area (Å²) in [4.78, 5) is 5.61. The quantitative estimate of drug-likeness (QED) is 0.867. The Hall–Kier alpha value is -1.68. The third-order valence-corrected chi connectivity index (χ3v) is 7.44. The Kier molecular flexibility index (Phi) is 5.00. The molecule has 3 heteroatoms. The molecule has 4 aliphatic heterocycles. The van der Waals surface area contributed by atoms with Gasteiger partial charge in [-0.25, -0.2) is 0 Å². The minimum Gasteiger partial charge on any atom is -0.330 e. The standard InChI is InChI=1S/C25H33N3/c1-18-2-8-21(9-3-18)23-17-28(16-20-6-4-19(5-7-20)10-13-26)24-22-11-14-27(15-12-22)25(23)24/h2-9,22-25H,10-17,26H2,1H3/t23-,24+,25+/m0/s1. The van der Waals surface area contributed by atoms with Gasteiger partial charge in [-0.2, -0.15) is 0 Å². The molecule has 0 unspecified atom stereocenters. The van der Waals surface area contributed by atoms with Gasteiger partial charge in [0.05, 0.1) is 0 Å². The summed E-state index contributed by atoms with van der Waals surface area (Å²) in [6, 6.07) is 19.9. The average molecular weight is 376 g/mol. The molecule has 0 aromatic heterocycles. The molecule has 3 atom stereocenters. The lowest BCUT2D eigenvalue weighted by Gasteiger charge is -2.51. The summed E-state index contributed by atoms with van der Waals surface area (Å²) in [5.74, 6) is 1.52. The molecule has 2 bridgehead atoms. The number of nitrogens with two attached hydrogens (primary N) is 1. The number of benzene rings is 2. The first-order chi connectivity index (χ1) is 13.7. The van der Waals surface area contributed by atoms with Gasteiger partial charge in [0.1, 0.15) is 0 Å². The van der Waals surface area contributed by atoms with E-state index in [1.165, 1.54) is 54.7 Å². The summed E-state index contributed by atoms with van der Waals surface area (Å²) >= 11 is 0. The lowest BCUT2D eigenvalue weighted by atomic mass is 9.75. The molecule has 4 heterocycles. The van der Waals surface area contributed by atoms with E-state index in [1.807, 2.05) is 0 Å². The molecule has 4 aliphatic rings. The van der Waals surface area contributed by atoms with E-state index < -0.39 is 0 Å². The Morgan fingerprint density at radius 3 is 2.25 bits per heavy atom. The maximum absolute atomic E-state index is 5.71. The molecular formula is C25H33N3. The Bertz CT molecular complexity index is 790. The Labute approximate surface area is 169 Å². The van der Waals surface area contributed by atoms with Gasteiger partial charge in [0.2, 0.25) is 0 Å². The maximum Gasteiger partial charge on any atom is 0.0335 e. The molecular weight excluding hydrogens is 342 g/mol. The van der Waals surface area contributed by atoms with Crippen LogP contribution in [0.5, 0.6) is 0 Å². The first kappa shape index (κ1) is 18.4. The van der Waals surface area contributed by atoms with Crippen molar-refractivity contribution >= 4 is 0 Å². The van der Waals surface area contributed by atoms with Crippen LogP contribution in [0.4, 0.5) is 0 Å². The minimum absolute atomic E-state index is 0.644. The molecule has 0 spiro atoms. The van der Waals surface area contributed by atoms with E-state index in [0.29, 0.717) is 12.0 Å². The molecule has 0 aliphatic carbocycles. The number of hydrogen-bond acceptors (Lipinski definition) is 3. The van der Waals surface area contributed by atoms with Gasteiger partial charge < -0.3 is 5.73 Å². The number of aryl methyl sites for hydroxylation is 1. The van der Waals surface area contributed by atoms with Crippen LogP contribution < -0.4 is 5.73 Å². The second-order valence-corrected chi connectivity index (χ2v) is 9.16. The molecule has 2 aromatic carbocycles. The lowest BCUT2D eigenvalue weighted by Crippen LogP contribution is -2.59. The molecule has 0 amide bonds. The predicted molar refractivity (Wildman–Crippen MR) is 115 cm³/mol. The van der Waals surface area contributed by atoms with Crippen molar-refractivity contribution in [3.63, 3.8) is 0 Å². The fourth-order valence-electron chi connectivity index (χ4n) is 6.04. The molecule has 2 N–H and O–H groups in total. The molecule has 2 aromatic rings. The van der Waals surface area contributed by atoms with Crippen LogP contribution in [-0.4, -0.2) is 48.1 Å². The number of rotatable bonds is 5. The van der Waals surface area contributed by atoms with E-state index in [2.05, 4.69) is 65.3 Å². The van der Waals surface area contributed by atoms with Crippen molar-refractivity contribution in [2.24, 2.45) is 11.7 Å². The molecule has 0 saturated carbocycles. The van der Waals surface area contributed by atoms with Gasteiger partial charge in [-0.1, -0.05) is 54.1 Å². The maximum atomic E-state index is 5.71. The van der Waals surface area contributed by atoms with Crippen LogP contribution in [0.2, 0.25) is 0 Å². The zero-order valence-electron chi connectivity index (χ0n) is 17.1. The highest BCUT2D eigenvalue weighted by Gasteiger charge is 2.53. The Balaban J connectivity index is 1.41. The van der Waals surface area contributed by atoms with Crippen molar-refractivity contribution in [1.29, 1.82) is 0 Å². The Morgan fingerprint density at radius 1 is 0.893 bits per heavy atom. The highest BCUT2D eigenvalue weighted by atomic mass is 15.3. The third-order valence-electron chi connectivity index (χ3n) is 7.44. The number of fused-ring (bicyclic) bond motifs is 2. The molecule has 6 rings (SSSR count). The van der Waals surface area contributed by atoms with Crippen molar-refractivity contribution in [2.75, 3.05) is 26.2 Å². The van der Waals surface area contributed by atoms with Crippen LogP contribution in [0.3, 0.4) is 0 Å². The smallest absolute Gasteiger partial charge is 0.0335 e. The fourth-order valence-corrected chi connectivity index (χ4v) is 6.04. The van der Waals surface area contributed by atoms with Crippen LogP contribution in [-0.2, 0) is 13.0 Å². The SMILES string of the molecule is Cc1ccc([C@@H]2CN(Cc3ccc(CCN)cc3)[C@@H]3C4CCN(CC4)[C@@H]32)cc1. The summed E-state index contributed by atoms with van der Waals surface area (Å²) in [7, 11) is 0. The largest absolute Gasteiger partial charge is 0.330 e. The summed E-state index contributed by atoms with van der Waals surface area (Å²) in [5, 5.41) is 0. The second-order valence-electron chi connectivity index (χ2n) is 9.16. The normalized spacial score (nSPS) is 31.9. The van der Waals surface area contributed by atoms with Crippen LogP contribution in [0, 0.1) is 12.8 Å². The van der Waals surface area contributed by atoms with Crippen LogP contribution in [0.1, 0.15) is 41.0 Å². The fraction of sp³-hybridized carbons (Fsp3) is 0.520. The van der Waals surface area contributed by atoms with Crippen molar-refractivity contribution in [3.05, 3.63) is 70.8 Å². The van der Waals surface area contributed by atoms with E-state index in [4.69, 9.17) is 5.73 Å². The van der Waals surface area contributed by atoms with Crippen molar-refractivity contribution in [2.45, 2.75) is 50.7 Å². The van der Waals surface area contributed by atoms with E-state index in [9.17, 15) is 0 Å². The summed E-state index contributed by atoms with van der Waals surface area (Å²) in [6.45, 7) is 7.79. The summed E-state index contributed by atoms with van der Waals surface area (Å²) in [6.07, 6.45) is 3.74. The molecule has 4 fully saturated rings. The number of likely N-dealkylation sites (tertiary alicyclic amines) is 1. The zero-order chi connectivity index (χ0) is 19.1. The summed E-state index contributed by atoms with van der Waals surface area (Å²) in [5.41, 5.74) is 11.4. The monoisotopic (exact) mass is 375 g/mol. The number of piperidine rings is 3. The van der Waals surface area contributed by atoms with E-state index in [0.717, 1.165) is 31.5 Å². The van der Waals surface area contributed by atoms with Crippen molar-refractivity contribution < 1.29 is 0 Å². The minimum atomic E-state index is 0.644. The number of hydrogen-bond donors (Lipinski definition) is 1. The average Bonchev–Trinajstić information content (AvgIpc) is 3.13. The highest BCUT2D eigenvalue weighted by molar-refractivity contribution is 5.30. The van der Waals surface area contributed by atoms with Gasteiger partial charge in [-0.3, -0.25) is 9.80 Å². The van der Waals surface area contributed by atoms with Gasteiger partial charge in [-0.05, 0) is 68.4 Å². The number of nitrogens with zero attached hydrogens (tertiary/aromatic N) is 2. The zero-order valence-corrected chi connectivity index (χ0v) is 17.1. The Morgan fingerprint density at radius 2 is 1.57 bits per heavy atom. The first-order valence-corrected chi connectivity index (χ1v) is 11.1. The predicted octanol–water partition coefficient (Wildman–Crippen LogP) is 3.56. The molecule has 3 nitrogen and oxygen atoms in total. The molecule has 0 radical (unpaired) electrons. The van der Waals surface area contributed by atoms with Gasteiger partial charge in [0.15, 0.2) is 0 Å². The second kappa shape index (κ2) is 7.62. The van der Waals surface area contributed by atoms with Crippen LogP contribution in [0.15, 0.2) is 48.5 Å². The van der Waals surface area contributed by atoms with Gasteiger partial charge in [0, 0.05) is 31.1 Å². The topological polar surface area (TPSA) is 32.5 Å². The van der Waals surface area contributed by atoms with Crippen molar-refractivity contribution in [3.8, 4) is 0 Å². The van der Waals surface area contributed by atoms with Gasteiger partial charge in [0.25, 0.3) is 0 Å². The highest BCUT2D eigenvalue weighted by Crippen LogP contribution is 2.47. The first-order valence-electron chi connectivity index (χ1n) is 11.1. The van der Waals surface area contributed by atoms with E-state index in [-0.39, 0.29) is 0 Å². The van der Waals surface area contributed by atoms with Crippen molar-refractivity contribution in [1.82, 2.24) is 9.80 Å². The summed E-state index contributed by atoms with van der Waals surface area (Å²) < 4.78 is 0. The van der Waals surface area contributed by atoms with E-state index >= 15 is 0 Å². The third kappa shape index (κ3) is 3.30. The van der Waals surface area contributed by atoms with Crippen LogP contribution >= 0.6 is 0 Å².